The molecule has 2 aromatic carbocycles. The molecule has 0 atom stereocenters. The molecule has 0 spiro atoms. The molecular formula is C26H35N3O3. The molecule has 6 heteroatoms. The highest BCUT2D eigenvalue weighted by atomic mass is 16.5. The second-order valence-electron chi connectivity index (χ2n) is 9.01. The Morgan fingerprint density at radius 3 is 2.59 bits per heavy atom. The van der Waals surface area contributed by atoms with Crippen molar-refractivity contribution in [2.45, 2.75) is 53.0 Å². The summed E-state index contributed by atoms with van der Waals surface area (Å²) >= 11 is 0. The summed E-state index contributed by atoms with van der Waals surface area (Å²) in [4.78, 5) is 16.8. The first-order chi connectivity index (χ1) is 15.4. The van der Waals surface area contributed by atoms with Crippen molar-refractivity contribution < 1.29 is 14.3 Å². The molecule has 0 bridgehead atoms. The number of methoxy groups -OCH3 is 1. The minimum atomic E-state index is -0.336. The van der Waals surface area contributed by atoms with E-state index in [-0.39, 0.29) is 11.3 Å². The van der Waals surface area contributed by atoms with Gasteiger partial charge in [0.2, 0.25) is 5.91 Å². The number of hydrogen-bond donors (Lipinski definition) is 1. The van der Waals surface area contributed by atoms with Gasteiger partial charge in [0.15, 0.2) is 0 Å². The van der Waals surface area contributed by atoms with E-state index in [0.29, 0.717) is 6.61 Å². The third-order valence-corrected chi connectivity index (χ3v) is 5.40. The average molecular weight is 438 g/mol. The SMILES string of the molecule is COc1cccc(OCCn2c(CCCCCNC(=O)C(C)(C)C)nc3ccccc32)c1. The van der Waals surface area contributed by atoms with Gasteiger partial charge in [0.25, 0.3) is 0 Å². The van der Waals surface area contributed by atoms with Gasteiger partial charge in [0.05, 0.1) is 24.7 Å². The fraction of sp³-hybridized carbons (Fsp3) is 0.462. The molecule has 6 nitrogen and oxygen atoms in total. The van der Waals surface area contributed by atoms with E-state index >= 15 is 0 Å². The Morgan fingerprint density at radius 2 is 1.81 bits per heavy atom. The second-order valence-corrected chi connectivity index (χ2v) is 9.01. The van der Waals surface area contributed by atoms with E-state index in [2.05, 4.69) is 22.0 Å². The van der Waals surface area contributed by atoms with Crippen molar-refractivity contribution in [1.82, 2.24) is 14.9 Å². The molecule has 0 aliphatic rings. The van der Waals surface area contributed by atoms with Crippen LogP contribution in [-0.4, -0.2) is 35.7 Å². The van der Waals surface area contributed by atoms with Crippen LogP contribution in [0.15, 0.2) is 48.5 Å². The number of carbonyl (C=O) groups is 1. The Kier molecular flexibility index (Phi) is 8.14. The van der Waals surface area contributed by atoms with Gasteiger partial charge >= 0.3 is 0 Å². The molecule has 0 unspecified atom stereocenters. The Hall–Kier alpha value is -3.02. The Morgan fingerprint density at radius 1 is 1.03 bits per heavy atom. The molecule has 0 aliphatic carbocycles. The molecule has 0 saturated heterocycles. The number of imidazole rings is 1. The van der Waals surface area contributed by atoms with Crippen molar-refractivity contribution in [3.8, 4) is 11.5 Å². The fourth-order valence-corrected chi connectivity index (χ4v) is 3.56. The molecular weight excluding hydrogens is 402 g/mol. The van der Waals surface area contributed by atoms with E-state index in [9.17, 15) is 4.79 Å². The van der Waals surface area contributed by atoms with Crippen LogP contribution >= 0.6 is 0 Å². The zero-order valence-electron chi connectivity index (χ0n) is 19.7. The number of rotatable bonds is 11. The lowest BCUT2D eigenvalue weighted by molar-refractivity contribution is -0.128. The van der Waals surface area contributed by atoms with Gasteiger partial charge in [-0.2, -0.15) is 0 Å². The molecule has 1 heterocycles. The highest BCUT2D eigenvalue weighted by Gasteiger charge is 2.20. The van der Waals surface area contributed by atoms with Crippen LogP contribution in [0.1, 0.15) is 45.9 Å². The van der Waals surface area contributed by atoms with Crippen LogP contribution in [0.3, 0.4) is 0 Å². The van der Waals surface area contributed by atoms with E-state index in [1.165, 1.54) is 0 Å². The quantitative estimate of drug-likeness (QED) is 0.429. The van der Waals surface area contributed by atoms with Crippen LogP contribution in [0.4, 0.5) is 0 Å². The number of para-hydroxylation sites is 2. The number of amides is 1. The van der Waals surface area contributed by atoms with Gasteiger partial charge in [-0.3, -0.25) is 4.79 Å². The lowest BCUT2D eigenvalue weighted by atomic mass is 9.96. The monoisotopic (exact) mass is 437 g/mol. The summed E-state index contributed by atoms with van der Waals surface area (Å²) in [5.41, 5.74) is 1.81. The number of fused-ring (bicyclic) bond motifs is 1. The maximum Gasteiger partial charge on any atom is 0.225 e. The van der Waals surface area contributed by atoms with Crippen LogP contribution in [0.5, 0.6) is 11.5 Å². The minimum absolute atomic E-state index is 0.107. The molecule has 0 radical (unpaired) electrons. The smallest absolute Gasteiger partial charge is 0.225 e. The molecule has 1 aromatic heterocycles. The van der Waals surface area contributed by atoms with Crippen LogP contribution in [0.25, 0.3) is 11.0 Å². The van der Waals surface area contributed by atoms with Gasteiger partial charge in [-0.25, -0.2) is 4.98 Å². The molecule has 0 saturated carbocycles. The Labute approximate surface area is 190 Å². The highest BCUT2D eigenvalue weighted by molar-refractivity contribution is 5.81. The Balaban J connectivity index is 1.54. The maximum absolute atomic E-state index is 12.0. The Bertz CT molecular complexity index is 1020. The number of hydrogen-bond acceptors (Lipinski definition) is 4. The zero-order chi connectivity index (χ0) is 23.0. The lowest BCUT2D eigenvalue weighted by Crippen LogP contribution is -2.35. The summed E-state index contributed by atoms with van der Waals surface area (Å²) < 4.78 is 13.5. The van der Waals surface area contributed by atoms with Gasteiger partial charge in [-0.1, -0.05) is 45.4 Å². The number of ether oxygens (including phenoxy) is 2. The van der Waals surface area contributed by atoms with Crippen LogP contribution in [-0.2, 0) is 17.8 Å². The molecule has 0 fully saturated rings. The predicted molar refractivity (Wildman–Crippen MR) is 128 cm³/mol. The number of nitrogens with zero attached hydrogens (tertiary/aromatic N) is 2. The van der Waals surface area contributed by atoms with Crippen LogP contribution in [0, 0.1) is 5.41 Å². The van der Waals surface area contributed by atoms with E-state index < -0.39 is 0 Å². The predicted octanol–water partition coefficient (Wildman–Crippen LogP) is 5.00. The highest BCUT2D eigenvalue weighted by Crippen LogP contribution is 2.21. The average Bonchev–Trinajstić information content (AvgIpc) is 3.13. The van der Waals surface area contributed by atoms with Gasteiger partial charge < -0.3 is 19.4 Å². The van der Waals surface area contributed by atoms with Crippen molar-refractivity contribution in [2.24, 2.45) is 5.41 Å². The van der Waals surface area contributed by atoms with Gasteiger partial charge in [-0.05, 0) is 37.1 Å². The lowest BCUT2D eigenvalue weighted by Gasteiger charge is -2.17. The van der Waals surface area contributed by atoms with Gasteiger partial charge in [0.1, 0.15) is 23.9 Å². The minimum Gasteiger partial charge on any atom is -0.497 e. The van der Waals surface area contributed by atoms with Crippen molar-refractivity contribution >= 4 is 16.9 Å². The summed E-state index contributed by atoms with van der Waals surface area (Å²) in [6.07, 6.45) is 3.96. The molecule has 1 N–H and O–H groups in total. The first-order valence-corrected chi connectivity index (χ1v) is 11.4. The maximum atomic E-state index is 12.0. The number of benzene rings is 2. The first kappa shape index (κ1) is 23.6. The largest absolute Gasteiger partial charge is 0.497 e. The van der Waals surface area contributed by atoms with Crippen LogP contribution in [0.2, 0.25) is 0 Å². The summed E-state index contributed by atoms with van der Waals surface area (Å²) in [5.74, 6) is 2.78. The summed E-state index contributed by atoms with van der Waals surface area (Å²) in [7, 11) is 1.65. The number of unbranched alkanes of at least 4 members (excludes halogenated alkanes) is 2. The van der Waals surface area contributed by atoms with Gasteiger partial charge in [0, 0.05) is 24.4 Å². The third-order valence-electron chi connectivity index (χ3n) is 5.40. The van der Waals surface area contributed by atoms with E-state index in [1.807, 2.05) is 57.2 Å². The molecule has 3 rings (SSSR count). The molecule has 0 aliphatic heterocycles. The zero-order valence-corrected chi connectivity index (χ0v) is 19.7. The third kappa shape index (κ3) is 6.49. The van der Waals surface area contributed by atoms with Crippen molar-refractivity contribution in [3.05, 3.63) is 54.4 Å². The van der Waals surface area contributed by atoms with E-state index in [4.69, 9.17) is 14.5 Å². The molecule has 172 valence electrons. The van der Waals surface area contributed by atoms with Crippen molar-refractivity contribution in [2.75, 3.05) is 20.3 Å². The molecule has 32 heavy (non-hydrogen) atoms. The standard InChI is InChI=1S/C26H35N3O3/c1-26(2,3)25(30)27-16-9-5-6-15-24-28-22-13-7-8-14-23(22)29(24)17-18-32-21-12-10-11-20(19-21)31-4/h7-8,10-14,19H,5-6,9,15-18H2,1-4H3,(H,27,30). The topological polar surface area (TPSA) is 65.4 Å². The molecule has 3 aromatic rings. The number of nitrogens with one attached hydrogen (secondary N) is 1. The van der Waals surface area contributed by atoms with Crippen LogP contribution < -0.4 is 14.8 Å². The number of aryl methyl sites for hydroxylation is 1. The summed E-state index contributed by atoms with van der Waals surface area (Å²) in [6, 6.07) is 15.9. The fourth-order valence-electron chi connectivity index (χ4n) is 3.56. The number of aromatic nitrogens is 2. The second kappa shape index (κ2) is 11.0. The number of carbonyl (C=O) groups excluding carboxylic acids is 1. The summed E-state index contributed by atoms with van der Waals surface area (Å²) in [5, 5.41) is 3.02. The normalized spacial score (nSPS) is 11.5. The first-order valence-electron chi connectivity index (χ1n) is 11.4. The van der Waals surface area contributed by atoms with E-state index in [0.717, 1.165) is 67.1 Å². The van der Waals surface area contributed by atoms with Crippen molar-refractivity contribution in [3.63, 3.8) is 0 Å². The summed E-state index contributed by atoms with van der Waals surface area (Å²) in [6.45, 7) is 7.81. The van der Waals surface area contributed by atoms with Crippen molar-refractivity contribution in [1.29, 1.82) is 0 Å². The van der Waals surface area contributed by atoms with Gasteiger partial charge in [-0.15, -0.1) is 0 Å². The van der Waals surface area contributed by atoms with E-state index in [1.54, 1.807) is 7.11 Å². The molecule has 1 amide bonds.